The van der Waals surface area contributed by atoms with Gasteiger partial charge in [0.2, 0.25) is 0 Å². The van der Waals surface area contributed by atoms with Gasteiger partial charge in [0.1, 0.15) is 5.82 Å². The maximum absolute atomic E-state index is 13.4. The third kappa shape index (κ3) is 1.53. The minimum absolute atomic E-state index is 0.0714. The van der Waals surface area contributed by atoms with Gasteiger partial charge in [-0.1, -0.05) is 19.9 Å². The first kappa shape index (κ1) is 11.1. The largest absolute Gasteiger partial charge is 0.395 e. The summed E-state index contributed by atoms with van der Waals surface area (Å²) in [4.78, 5) is 0. The number of aliphatic hydroxyl groups excluding tert-OH is 1. The summed E-state index contributed by atoms with van der Waals surface area (Å²) in [6.07, 6.45) is 0.914. The third-order valence-electron chi connectivity index (χ3n) is 3.66. The van der Waals surface area contributed by atoms with Crippen molar-refractivity contribution in [3.05, 3.63) is 34.1 Å². The van der Waals surface area contributed by atoms with Gasteiger partial charge in [0, 0.05) is 5.41 Å². The summed E-state index contributed by atoms with van der Waals surface area (Å²) in [5.74, 6) is -0.261. The molecule has 0 bridgehead atoms. The maximum Gasteiger partial charge on any atom is 0.137 e. The standard InChI is InChI=1S/C12H14BrFO/c1-11(2)6-12(11,7-15)8-3-4-9(13)10(14)5-8/h3-5,15H,6-7H2,1-2H3. The molecule has 0 aromatic heterocycles. The lowest BCUT2D eigenvalue weighted by Crippen LogP contribution is -2.19. The van der Waals surface area contributed by atoms with Gasteiger partial charge in [0.15, 0.2) is 0 Å². The van der Waals surface area contributed by atoms with Crippen LogP contribution in [0.3, 0.4) is 0 Å². The second kappa shape index (κ2) is 3.29. The Morgan fingerprint density at radius 1 is 1.47 bits per heavy atom. The van der Waals surface area contributed by atoms with Crippen molar-refractivity contribution in [1.29, 1.82) is 0 Å². The van der Waals surface area contributed by atoms with E-state index in [-0.39, 0.29) is 23.3 Å². The van der Waals surface area contributed by atoms with Crippen LogP contribution in [0, 0.1) is 11.2 Å². The molecular weight excluding hydrogens is 259 g/mol. The molecule has 0 spiro atoms. The van der Waals surface area contributed by atoms with Gasteiger partial charge in [-0.2, -0.15) is 0 Å². The first-order valence-corrected chi connectivity index (χ1v) is 5.79. The van der Waals surface area contributed by atoms with Crippen LogP contribution < -0.4 is 0 Å². The zero-order valence-corrected chi connectivity index (χ0v) is 10.4. The molecule has 1 aliphatic rings. The molecule has 0 aliphatic heterocycles. The highest BCUT2D eigenvalue weighted by molar-refractivity contribution is 9.10. The van der Waals surface area contributed by atoms with Crippen LogP contribution in [0.2, 0.25) is 0 Å². The summed E-state index contributed by atoms with van der Waals surface area (Å²) in [6.45, 7) is 4.29. The molecular formula is C12H14BrFO. The van der Waals surface area contributed by atoms with Crippen LogP contribution in [0.1, 0.15) is 25.8 Å². The van der Waals surface area contributed by atoms with Gasteiger partial charge in [-0.3, -0.25) is 0 Å². The Balaban J connectivity index is 2.42. The molecule has 1 aromatic rings. The molecule has 0 heterocycles. The van der Waals surface area contributed by atoms with Crippen molar-refractivity contribution in [2.24, 2.45) is 5.41 Å². The van der Waals surface area contributed by atoms with E-state index in [1.165, 1.54) is 6.07 Å². The first-order valence-electron chi connectivity index (χ1n) is 4.99. The van der Waals surface area contributed by atoms with Crippen LogP contribution in [-0.2, 0) is 5.41 Å². The van der Waals surface area contributed by atoms with E-state index in [0.717, 1.165) is 12.0 Å². The zero-order chi connectivity index (χ0) is 11.3. The van der Waals surface area contributed by atoms with Gasteiger partial charge >= 0.3 is 0 Å². The average molecular weight is 273 g/mol. The van der Waals surface area contributed by atoms with Crippen LogP contribution in [-0.4, -0.2) is 11.7 Å². The lowest BCUT2D eigenvalue weighted by molar-refractivity contribution is 0.231. The normalized spacial score (nSPS) is 27.8. The van der Waals surface area contributed by atoms with Crippen molar-refractivity contribution in [3.63, 3.8) is 0 Å². The van der Waals surface area contributed by atoms with Gasteiger partial charge < -0.3 is 5.11 Å². The Kier molecular flexibility index (Phi) is 2.43. The molecule has 1 atom stereocenters. The van der Waals surface area contributed by atoms with Crippen LogP contribution >= 0.6 is 15.9 Å². The fourth-order valence-electron chi connectivity index (χ4n) is 2.36. The Bertz CT molecular complexity index is 403. The fraction of sp³-hybridized carbons (Fsp3) is 0.500. The highest BCUT2D eigenvalue weighted by Crippen LogP contribution is 2.64. The monoisotopic (exact) mass is 272 g/mol. The minimum atomic E-state index is -0.261. The predicted octanol–water partition coefficient (Wildman–Crippen LogP) is 3.25. The van der Waals surface area contributed by atoms with Crippen LogP contribution in [0.25, 0.3) is 0 Å². The van der Waals surface area contributed by atoms with E-state index in [0.29, 0.717) is 4.47 Å². The minimum Gasteiger partial charge on any atom is -0.395 e. The van der Waals surface area contributed by atoms with E-state index >= 15 is 0 Å². The number of benzene rings is 1. The SMILES string of the molecule is CC1(C)CC1(CO)c1ccc(Br)c(F)c1. The summed E-state index contributed by atoms with van der Waals surface area (Å²) < 4.78 is 13.9. The number of rotatable bonds is 2. The molecule has 1 saturated carbocycles. The number of halogens is 2. The summed E-state index contributed by atoms with van der Waals surface area (Å²) >= 11 is 3.13. The topological polar surface area (TPSA) is 20.2 Å². The van der Waals surface area contributed by atoms with E-state index in [2.05, 4.69) is 29.8 Å². The van der Waals surface area contributed by atoms with Gasteiger partial charge in [-0.15, -0.1) is 0 Å². The molecule has 1 aliphatic carbocycles. The molecule has 0 amide bonds. The van der Waals surface area contributed by atoms with Crippen LogP contribution in [0.15, 0.2) is 22.7 Å². The molecule has 15 heavy (non-hydrogen) atoms. The van der Waals surface area contributed by atoms with E-state index in [1.54, 1.807) is 6.07 Å². The zero-order valence-electron chi connectivity index (χ0n) is 8.85. The van der Waals surface area contributed by atoms with Crippen molar-refractivity contribution in [2.45, 2.75) is 25.7 Å². The molecule has 1 N–H and O–H groups in total. The van der Waals surface area contributed by atoms with E-state index in [9.17, 15) is 9.50 Å². The van der Waals surface area contributed by atoms with Gasteiger partial charge in [-0.05, 0) is 45.5 Å². The summed E-state index contributed by atoms with van der Waals surface area (Å²) in [5, 5.41) is 9.47. The molecule has 2 rings (SSSR count). The van der Waals surface area contributed by atoms with Crippen molar-refractivity contribution in [1.82, 2.24) is 0 Å². The van der Waals surface area contributed by atoms with Gasteiger partial charge in [0.25, 0.3) is 0 Å². The van der Waals surface area contributed by atoms with Crippen molar-refractivity contribution < 1.29 is 9.50 Å². The fourth-order valence-corrected chi connectivity index (χ4v) is 2.60. The lowest BCUT2D eigenvalue weighted by atomic mass is 9.89. The summed E-state index contributed by atoms with van der Waals surface area (Å²) in [6, 6.07) is 5.11. The predicted molar refractivity (Wildman–Crippen MR) is 61.3 cm³/mol. The van der Waals surface area contributed by atoms with E-state index in [4.69, 9.17) is 0 Å². The summed E-state index contributed by atoms with van der Waals surface area (Å²) in [7, 11) is 0. The Hall–Kier alpha value is -0.410. The highest BCUT2D eigenvalue weighted by atomic mass is 79.9. The quantitative estimate of drug-likeness (QED) is 0.877. The van der Waals surface area contributed by atoms with Crippen LogP contribution in [0.4, 0.5) is 4.39 Å². The Labute approximate surface area is 97.4 Å². The number of aliphatic hydroxyl groups is 1. The van der Waals surface area contributed by atoms with Crippen molar-refractivity contribution in [2.75, 3.05) is 6.61 Å². The maximum atomic E-state index is 13.4. The number of hydrogen-bond acceptors (Lipinski definition) is 1. The smallest absolute Gasteiger partial charge is 0.137 e. The molecule has 1 fully saturated rings. The number of hydrogen-bond donors (Lipinski definition) is 1. The van der Waals surface area contributed by atoms with Gasteiger partial charge in [0.05, 0.1) is 11.1 Å². The second-order valence-corrected chi connectivity index (χ2v) is 5.78. The highest BCUT2D eigenvalue weighted by Gasteiger charge is 2.61. The Morgan fingerprint density at radius 3 is 2.47 bits per heavy atom. The molecule has 0 saturated heterocycles. The lowest BCUT2D eigenvalue weighted by Gasteiger charge is -2.18. The molecule has 1 unspecified atom stereocenters. The average Bonchev–Trinajstić information content (AvgIpc) is 2.75. The van der Waals surface area contributed by atoms with Gasteiger partial charge in [-0.25, -0.2) is 4.39 Å². The first-order chi connectivity index (χ1) is 6.93. The molecule has 0 radical (unpaired) electrons. The molecule has 1 nitrogen and oxygen atoms in total. The summed E-state index contributed by atoms with van der Waals surface area (Å²) in [5.41, 5.74) is 0.729. The van der Waals surface area contributed by atoms with Crippen molar-refractivity contribution in [3.8, 4) is 0 Å². The van der Waals surface area contributed by atoms with E-state index < -0.39 is 0 Å². The third-order valence-corrected chi connectivity index (χ3v) is 4.30. The molecule has 3 heteroatoms. The molecule has 1 aromatic carbocycles. The second-order valence-electron chi connectivity index (χ2n) is 4.93. The molecule has 82 valence electrons. The van der Waals surface area contributed by atoms with Crippen molar-refractivity contribution >= 4 is 15.9 Å². The Morgan fingerprint density at radius 2 is 2.07 bits per heavy atom. The van der Waals surface area contributed by atoms with Crippen LogP contribution in [0.5, 0.6) is 0 Å². The van der Waals surface area contributed by atoms with E-state index in [1.807, 2.05) is 6.07 Å².